The van der Waals surface area contributed by atoms with E-state index in [4.69, 9.17) is 0 Å². The minimum atomic E-state index is 0.239. The van der Waals surface area contributed by atoms with Gasteiger partial charge in [-0.15, -0.1) is 11.8 Å². The second-order valence-electron chi connectivity index (χ2n) is 4.17. The Morgan fingerprint density at radius 1 is 1.60 bits per heavy atom. The summed E-state index contributed by atoms with van der Waals surface area (Å²) in [4.78, 5) is 14.2. The molecule has 1 heterocycles. The Labute approximate surface area is 105 Å². The number of carbonyl (C=O) groups excluding carboxylic acids is 1. The first-order valence-corrected chi connectivity index (χ1v) is 7.82. The Bertz CT molecular complexity index is 205. The summed E-state index contributed by atoms with van der Waals surface area (Å²) in [7, 11) is 0. The Balaban J connectivity index is 2.49. The fourth-order valence-corrected chi connectivity index (χ4v) is 3.29. The lowest BCUT2D eigenvalue weighted by molar-refractivity contribution is -0.132. The molecule has 1 aliphatic rings. The summed E-state index contributed by atoms with van der Waals surface area (Å²) in [5.41, 5.74) is 0. The maximum Gasteiger partial charge on any atom is 0.235 e. The third kappa shape index (κ3) is 3.99. The fraction of sp³-hybridized carbons (Fsp3) is 0.909. The molecule has 0 radical (unpaired) electrons. The molecule has 1 rings (SSSR count). The van der Waals surface area contributed by atoms with E-state index in [-0.39, 0.29) is 5.25 Å². The first-order chi connectivity index (χ1) is 7.16. The van der Waals surface area contributed by atoms with E-state index in [1.165, 1.54) is 6.42 Å². The molecule has 0 spiro atoms. The van der Waals surface area contributed by atoms with Crippen molar-refractivity contribution < 1.29 is 4.79 Å². The number of alkyl halides is 1. The maximum absolute atomic E-state index is 12.2. The smallest absolute Gasteiger partial charge is 0.235 e. The number of halogens is 1. The molecule has 0 aromatic heterocycles. The van der Waals surface area contributed by atoms with Crippen LogP contribution in [0.3, 0.4) is 0 Å². The van der Waals surface area contributed by atoms with Crippen molar-refractivity contribution in [2.45, 2.75) is 44.4 Å². The molecule has 4 heteroatoms. The van der Waals surface area contributed by atoms with Crippen LogP contribution in [-0.2, 0) is 4.79 Å². The third-order valence-electron chi connectivity index (χ3n) is 2.64. The van der Waals surface area contributed by atoms with E-state index in [1.807, 2.05) is 16.7 Å². The van der Waals surface area contributed by atoms with Crippen LogP contribution in [0, 0.1) is 0 Å². The molecule has 0 N–H and O–H groups in total. The van der Waals surface area contributed by atoms with E-state index in [9.17, 15) is 4.79 Å². The molecule has 0 saturated carbocycles. The summed E-state index contributed by atoms with van der Waals surface area (Å²) in [5.74, 6) is 1.51. The van der Waals surface area contributed by atoms with Crippen LogP contribution in [0.15, 0.2) is 0 Å². The minimum absolute atomic E-state index is 0.239. The van der Waals surface area contributed by atoms with E-state index in [2.05, 4.69) is 29.8 Å². The molecule has 0 aromatic carbocycles. The van der Waals surface area contributed by atoms with Gasteiger partial charge in [0.25, 0.3) is 0 Å². The van der Waals surface area contributed by atoms with Crippen molar-refractivity contribution in [1.82, 2.24) is 4.90 Å². The largest absolute Gasteiger partial charge is 0.339 e. The molecule has 1 aliphatic heterocycles. The first-order valence-electron chi connectivity index (χ1n) is 5.65. The average molecular weight is 294 g/mol. The number of amides is 1. The van der Waals surface area contributed by atoms with Gasteiger partial charge in [-0.2, -0.15) is 0 Å². The molecule has 1 amide bonds. The van der Waals surface area contributed by atoms with Gasteiger partial charge in [0.1, 0.15) is 0 Å². The van der Waals surface area contributed by atoms with Crippen LogP contribution in [0.2, 0.25) is 0 Å². The van der Waals surface area contributed by atoms with E-state index in [1.54, 1.807) is 0 Å². The van der Waals surface area contributed by atoms with Crippen LogP contribution in [0.4, 0.5) is 0 Å². The number of hydrogen-bond acceptors (Lipinski definition) is 2. The van der Waals surface area contributed by atoms with Gasteiger partial charge in [-0.1, -0.05) is 15.9 Å². The molecule has 1 fully saturated rings. The lowest BCUT2D eigenvalue weighted by Gasteiger charge is -2.28. The molecule has 88 valence electrons. The highest BCUT2D eigenvalue weighted by molar-refractivity contribution is 9.09. The zero-order valence-electron chi connectivity index (χ0n) is 9.54. The van der Waals surface area contributed by atoms with Gasteiger partial charge in [-0.25, -0.2) is 0 Å². The van der Waals surface area contributed by atoms with Crippen LogP contribution in [0.1, 0.15) is 33.1 Å². The number of carbonyl (C=O) groups is 1. The average Bonchev–Trinajstić information content (AvgIpc) is 2.70. The summed E-state index contributed by atoms with van der Waals surface area (Å²) in [5, 5.41) is 1.21. The molecule has 15 heavy (non-hydrogen) atoms. The number of nitrogens with zero attached hydrogens (tertiary/aromatic N) is 1. The summed E-state index contributed by atoms with van der Waals surface area (Å²) >= 11 is 5.24. The van der Waals surface area contributed by atoms with Crippen molar-refractivity contribution in [2.24, 2.45) is 0 Å². The first kappa shape index (κ1) is 13.4. The Kier molecular flexibility index (Phi) is 6.05. The van der Waals surface area contributed by atoms with Crippen molar-refractivity contribution in [1.29, 1.82) is 0 Å². The highest BCUT2D eigenvalue weighted by Crippen LogP contribution is 2.28. The van der Waals surface area contributed by atoms with E-state index in [0.29, 0.717) is 11.9 Å². The monoisotopic (exact) mass is 293 g/mol. The zero-order chi connectivity index (χ0) is 11.3. The molecule has 1 unspecified atom stereocenters. The predicted octanol–water partition coefficient (Wildman–Crippen LogP) is 2.90. The lowest BCUT2D eigenvalue weighted by Crippen LogP contribution is -2.42. The SMILES string of the molecule is CC(C)N(CCCBr)C(=O)C1CCCS1. The van der Waals surface area contributed by atoms with Crippen molar-refractivity contribution in [3.63, 3.8) is 0 Å². The predicted molar refractivity (Wildman–Crippen MR) is 70.7 cm³/mol. The highest BCUT2D eigenvalue weighted by Gasteiger charge is 2.28. The van der Waals surface area contributed by atoms with Crippen LogP contribution >= 0.6 is 27.7 Å². The van der Waals surface area contributed by atoms with Crippen LogP contribution in [-0.4, -0.2) is 39.7 Å². The van der Waals surface area contributed by atoms with E-state index in [0.717, 1.165) is 30.5 Å². The molecule has 0 bridgehead atoms. The highest BCUT2D eigenvalue weighted by atomic mass is 79.9. The van der Waals surface area contributed by atoms with Gasteiger partial charge >= 0.3 is 0 Å². The second kappa shape index (κ2) is 6.79. The normalized spacial score (nSPS) is 20.9. The Hall–Kier alpha value is 0.300. The van der Waals surface area contributed by atoms with Crippen molar-refractivity contribution in [3.8, 4) is 0 Å². The van der Waals surface area contributed by atoms with Gasteiger partial charge in [0.15, 0.2) is 0 Å². The number of rotatable bonds is 5. The molecular formula is C11H20BrNOS. The van der Waals surface area contributed by atoms with E-state index >= 15 is 0 Å². The summed E-state index contributed by atoms with van der Waals surface area (Å²) in [6, 6.07) is 0.331. The number of hydrogen-bond donors (Lipinski definition) is 0. The van der Waals surface area contributed by atoms with Gasteiger partial charge in [0, 0.05) is 17.9 Å². The van der Waals surface area contributed by atoms with Crippen molar-refractivity contribution >= 4 is 33.6 Å². The summed E-state index contributed by atoms with van der Waals surface area (Å²) < 4.78 is 0. The van der Waals surface area contributed by atoms with Crippen molar-refractivity contribution in [3.05, 3.63) is 0 Å². The molecule has 0 aliphatic carbocycles. The topological polar surface area (TPSA) is 20.3 Å². The lowest BCUT2D eigenvalue weighted by atomic mass is 10.2. The van der Waals surface area contributed by atoms with E-state index < -0.39 is 0 Å². The Morgan fingerprint density at radius 3 is 2.80 bits per heavy atom. The Morgan fingerprint density at radius 2 is 2.33 bits per heavy atom. The zero-order valence-corrected chi connectivity index (χ0v) is 11.9. The molecular weight excluding hydrogens is 274 g/mol. The number of thioether (sulfide) groups is 1. The maximum atomic E-state index is 12.2. The quantitative estimate of drug-likeness (QED) is 0.727. The van der Waals surface area contributed by atoms with Crippen LogP contribution < -0.4 is 0 Å². The van der Waals surface area contributed by atoms with Gasteiger partial charge in [-0.05, 0) is 38.9 Å². The fourth-order valence-electron chi connectivity index (χ4n) is 1.81. The molecule has 1 atom stereocenters. The van der Waals surface area contributed by atoms with Gasteiger partial charge in [0.05, 0.1) is 5.25 Å². The van der Waals surface area contributed by atoms with Crippen LogP contribution in [0.25, 0.3) is 0 Å². The van der Waals surface area contributed by atoms with Gasteiger partial charge < -0.3 is 4.90 Å². The molecule has 2 nitrogen and oxygen atoms in total. The second-order valence-corrected chi connectivity index (χ2v) is 6.27. The van der Waals surface area contributed by atoms with Gasteiger partial charge in [-0.3, -0.25) is 4.79 Å². The standard InChI is InChI=1S/C11H20BrNOS/c1-9(2)13(7-4-6-12)11(14)10-5-3-8-15-10/h9-10H,3-8H2,1-2H3. The molecule has 1 saturated heterocycles. The summed E-state index contributed by atoms with van der Waals surface area (Å²) in [6.07, 6.45) is 3.31. The van der Waals surface area contributed by atoms with Gasteiger partial charge in [0.2, 0.25) is 5.91 Å². The molecule has 0 aromatic rings. The summed E-state index contributed by atoms with van der Waals surface area (Å²) in [6.45, 7) is 5.09. The minimum Gasteiger partial charge on any atom is -0.339 e. The third-order valence-corrected chi connectivity index (χ3v) is 4.57. The van der Waals surface area contributed by atoms with Crippen LogP contribution in [0.5, 0.6) is 0 Å². The van der Waals surface area contributed by atoms with Crippen molar-refractivity contribution in [2.75, 3.05) is 17.6 Å².